The van der Waals surface area contributed by atoms with Crippen LogP contribution in [0, 0.1) is 5.82 Å². The summed E-state index contributed by atoms with van der Waals surface area (Å²) in [6.07, 6.45) is 3.23. The van der Waals surface area contributed by atoms with Crippen LogP contribution >= 0.6 is 11.6 Å². The van der Waals surface area contributed by atoms with Gasteiger partial charge in [0.15, 0.2) is 0 Å². The quantitative estimate of drug-likeness (QED) is 0.908. The van der Waals surface area contributed by atoms with Crippen LogP contribution in [0.5, 0.6) is 0 Å². The van der Waals surface area contributed by atoms with E-state index < -0.39 is 0 Å². The predicted octanol–water partition coefficient (Wildman–Crippen LogP) is 3.44. The molecule has 0 aliphatic heterocycles. The molecule has 5 heteroatoms. The van der Waals surface area contributed by atoms with Crippen molar-refractivity contribution in [1.29, 1.82) is 0 Å². The van der Waals surface area contributed by atoms with E-state index in [1.54, 1.807) is 37.5 Å². The summed E-state index contributed by atoms with van der Waals surface area (Å²) in [5.74, 6) is 0.104. The molecule has 1 atom stereocenters. The third-order valence-corrected chi connectivity index (χ3v) is 2.67. The van der Waals surface area contributed by atoms with Gasteiger partial charge < -0.3 is 5.32 Å². The van der Waals surface area contributed by atoms with Gasteiger partial charge in [0.05, 0.1) is 6.04 Å². The first-order valence-corrected chi connectivity index (χ1v) is 5.53. The summed E-state index contributed by atoms with van der Waals surface area (Å²) in [4.78, 5) is 8.03. The molecule has 88 valence electrons. The Morgan fingerprint density at radius 2 is 1.94 bits per heavy atom. The van der Waals surface area contributed by atoms with Gasteiger partial charge in [0.25, 0.3) is 0 Å². The van der Waals surface area contributed by atoms with Crippen molar-refractivity contribution in [3.8, 4) is 0 Å². The molecule has 0 radical (unpaired) electrons. The second-order valence-corrected chi connectivity index (χ2v) is 3.98. The molecule has 1 heterocycles. The lowest BCUT2D eigenvalue weighted by atomic mass is 10.1. The van der Waals surface area contributed by atoms with Gasteiger partial charge in [-0.1, -0.05) is 17.7 Å². The number of nitrogens with one attached hydrogen (secondary N) is 1. The molecular formula is C12H11ClFN3. The maximum absolute atomic E-state index is 13.6. The second-order valence-electron chi connectivity index (χ2n) is 3.57. The van der Waals surface area contributed by atoms with E-state index in [-0.39, 0.29) is 11.9 Å². The highest BCUT2D eigenvalue weighted by Crippen LogP contribution is 2.27. The van der Waals surface area contributed by atoms with E-state index in [0.717, 1.165) is 0 Å². The minimum absolute atomic E-state index is 0.300. The van der Waals surface area contributed by atoms with E-state index in [0.29, 0.717) is 16.5 Å². The first-order chi connectivity index (χ1) is 8.18. The van der Waals surface area contributed by atoms with Crippen molar-refractivity contribution >= 4 is 17.5 Å². The number of halogens is 2. The Morgan fingerprint density at radius 1 is 1.24 bits per heavy atom. The van der Waals surface area contributed by atoms with E-state index in [1.807, 2.05) is 0 Å². The van der Waals surface area contributed by atoms with Crippen molar-refractivity contribution < 1.29 is 4.39 Å². The fraction of sp³-hybridized carbons (Fsp3) is 0.167. The molecule has 0 aliphatic carbocycles. The van der Waals surface area contributed by atoms with Gasteiger partial charge in [-0.3, -0.25) is 0 Å². The molecule has 0 amide bonds. The Balaban J connectivity index is 2.23. The standard InChI is InChI=1S/C12H11ClFN3/c1-8(17-12-15-6-3-7-16-12)11-9(13)4-2-5-10(11)14/h2-8H,1H3,(H,15,16,17). The van der Waals surface area contributed by atoms with Gasteiger partial charge in [-0.25, -0.2) is 14.4 Å². The normalized spacial score (nSPS) is 12.2. The van der Waals surface area contributed by atoms with Gasteiger partial charge >= 0.3 is 0 Å². The second kappa shape index (κ2) is 5.10. The Morgan fingerprint density at radius 3 is 2.59 bits per heavy atom. The largest absolute Gasteiger partial charge is 0.348 e. The Hall–Kier alpha value is -1.68. The van der Waals surface area contributed by atoms with Crippen LogP contribution in [-0.2, 0) is 0 Å². The van der Waals surface area contributed by atoms with Gasteiger partial charge in [-0.2, -0.15) is 0 Å². The van der Waals surface area contributed by atoms with Crippen LogP contribution < -0.4 is 5.32 Å². The molecule has 0 spiro atoms. The van der Waals surface area contributed by atoms with Gasteiger partial charge in [0.2, 0.25) is 5.95 Å². The molecule has 0 fully saturated rings. The number of anilines is 1. The summed E-state index contributed by atoms with van der Waals surface area (Å²) in [6.45, 7) is 1.81. The average molecular weight is 252 g/mol. The molecular weight excluding hydrogens is 241 g/mol. The van der Waals surface area contributed by atoms with E-state index >= 15 is 0 Å². The van der Waals surface area contributed by atoms with Crippen molar-refractivity contribution in [2.75, 3.05) is 5.32 Å². The Labute approximate surface area is 104 Å². The molecule has 2 aromatic rings. The number of aromatic nitrogens is 2. The monoisotopic (exact) mass is 251 g/mol. The number of nitrogens with zero attached hydrogens (tertiary/aromatic N) is 2. The van der Waals surface area contributed by atoms with Gasteiger partial charge in [-0.05, 0) is 25.1 Å². The van der Waals surface area contributed by atoms with Crippen molar-refractivity contribution in [2.45, 2.75) is 13.0 Å². The number of hydrogen-bond acceptors (Lipinski definition) is 3. The molecule has 0 saturated carbocycles. The molecule has 0 bridgehead atoms. The molecule has 1 unspecified atom stereocenters. The zero-order valence-corrected chi connectivity index (χ0v) is 9.95. The van der Waals surface area contributed by atoms with Crippen LogP contribution in [0.2, 0.25) is 5.02 Å². The minimum Gasteiger partial charge on any atom is -0.348 e. The van der Waals surface area contributed by atoms with Crippen molar-refractivity contribution in [3.05, 3.63) is 53.1 Å². The SMILES string of the molecule is CC(Nc1ncccn1)c1c(F)cccc1Cl. The molecule has 1 aromatic heterocycles. The van der Waals surface area contributed by atoms with E-state index in [9.17, 15) is 4.39 Å². The fourth-order valence-corrected chi connectivity index (χ4v) is 1.89. The molecule has 1 N–H and O–H groups in total. The van der Waals surface area contributed by atoms with Crippen molar-refractivity contribution in [1.82, 2.24) is 9.97 Å². The summed E-state index contributed by atoms with van der Waals surface area (Å²) < 4.78 is 13.6. The van der Waals surface area contributed by atoms with E-state index in [1.165, 1.54) is 6.07 Å². The summed E-state index contributed by atoms with van der Waals surface area (Å²) in [7, 11) is 0. The van der Waals surface area contributed by atoms with Gasteiger partial charge in [0.1, 0.15) is 5.82 Å². The highest BCUT2D eigenvalue weighted by Gasteiger charge is 2.15. The van der Waals surface area contributed by atoms with Crippen LogP contribution in [0.3, 0.4) is 0 Å². The average Bonchev–Trinajstić information content (AvgIpc) is 2.30. The first kappa shape index (κ1) is 11.8. The topological polar surface area (TPSA) is 37.8 Å². The molecule has 2 rings (SSSR count). The van der Waals surface area contributed by atoms with E-state index in [2.05, 4.69) is 15.3 Å². The van der Waals surface area contributed by atoms with Crippen LogP contribution in [0.4, 0.5) is 10.3 Å². The number of benzene rings is 1. The molecule has 3 nitrogen and oxygen atoms in total. The third-order valence-electron chi connectivity index (χ3n) is 2.34. The molecule has 0 aliphatic rings. The van der Waals surface area contributed by atoms with E-state index in [4.69, 9.17) is 11.6 Å². The van der Waals surface area contributed by atoms with Crippen LogP contribution in [0.1, 0.15) is 18.5 Å². The highest BCUT2D eigenvalue weighted by atomic mass is 35.5. The Bertz CT molecular complexity index is 484. The maximum atomic E-state index is 13.6. The van der Waals surface area contributed by atoms with Crippen LogP contribution in [0.15, 0.2) is 36.7 Å². The van der Waals surface area contributed by atoms with Gasteiger partial charge in [-0.15, -0.1) is 0 Å². The van der Waals surface area contributed by atoms with Gasteiger partial charge in [0, 0.05) is 23.0 Å². The highest BCUT2D eigenvalue weighted by molar-refractivity contribution is 6.31. The minimum atomic E-state index is -0.339. The predicted molar refractivity (Wildman–Crippen MR) is 65.5 cm³/mol. The molecule has 17 heavy (non-hydrogen) atoms. The zero-order chi connectivity index (χ0) is 12.3. The number of hydrogen-bond donors (Lipinski definition) is 1. The van der Waals surface area contributed by atoms with Crippen molar-refractivity contribution in [2.24, 2.45) is 0 Å². The van der Waals surface area contributed by atoms with Crippen LogP contribution in [-0.4, -0.2) is 9.97 Å². The zero-order valence-electron chi connectivity index (χ0n) is 9.19. The maximum Gasteiger partial charge on any atom is 0.223 e. The smallest absolute Gasteiger partial charge is 0.223 e. The van der Waals surface area contributed by atoms with Crippen molar-refractivity contribution in [3.63, 3.8) is 0 Å². The third kappa shape index (κ3) is 2.71. The van der Waals surface area contributed by atoms with Crippen LogP contribution in [0.25, 0.3) is 0 Å². The lowest BCUT2D eigenvalue weighted by Gasteiger charge is -2.16. The number of rotatable bonds is 3. The Kier molecular flexibility index (Phi) is 3.54. The lowest BCUT2D eigenvalue weighted by Crippen LogP contribution is -2.11. The summed E-state index contributed by atoms with van der Waals surface area (Å²) >= 11 is 5.97. The summed E-state index contributed by atoms with van der Waals surface area (Å²) in [6, 6.07) is 6.03. The molecule has 0 saturated heterocycles. The summed E-state index contributed by atoms with van der Waals surface area (Å²) in [5.41, 5.74) is 0.418. The first-order valence-electron chi connectivity index (χ1n) is 5.16. The molecule has 1 aromatic carbocycles. The lowest BCUT2D eigenvalue weighted by molar-refractivity contribution is 0.600. The summed E-state index contributed by atoms with van der Waals surface area (Å²) in [5, 5.41) is 3.38. The fourth-order valence-electron chi connectivity index (χ4n) is 1.56.